The van der Waals surface area contributed by atoms with E-state index in [9.17, 15) is 24.3 Å². The Balaban J connectivity index is 3.12. The number of rotatable bonds is 8. The van der Waals surface area contributed by atoms with Crippen molar-refractivity contribution in [2.75, 3.05) is 27.3 Å². The van der Waals surface area contributed by atoms with Crippen molar-refractivity contribution >= 4 is 23.9 Å². The molecule has 0 spiro atoms. The van der Waals surface area contributed by atoms with Crippen LogP contribution in [0.1, 0.15) is 37.9 Å². The van der Waals surface area contributed by atoms with Crippen LogP contribution in [0.25, 0.3) is 0 Å². The van der Waals surface area contributed by atoms with Gasteiger partial charge in [0.1, 0.15) is 24.2 Å². The maximum atomic E-state index is 13.0. The van der Waals surface area contributed by atoms with Gasteiger partial charge in [-0.25, -0.2) is 4.79 Å². The fraction of sp³-hybridized carbons (Fsp3) is 0.524. The summed E-state index contributed by atoms with van der Waals surface area (Å²) in [5.74, 6) is -1.99. The zero-order chi connectivity index (χ0) is 23.8. The summed E-state index contributed by atoms with van der Waals surface area (Å²) in [6, 6.07) is 4.49. The molecule has 2 atom stereocenters. The van der Waals surface area contributed by atoms with E-state index in [4.69, 9.17) is 4.74 Å². The highest BCUT2D eigenvalue weighted by atomic mass is 16.6. The van der Waals surface area contributed by atoms with E-state index in [1.54, 1.807) is 39.0 Å². The lowest BCUT2D eigenvalue weighted by molar-refractivity contribution is -0.144. The molecular weight excluding hydrogens is 406 g/mol. The van der Waals surface area contributed by atoms with Crippen LogP contribution in [0.3, 0.4) is 0 Å². The lowest BCUT2D eigenvalue weighted by Gasteiger charge is -2.31. The molecule has 0 heterocycles. The van der Waals surface area contributed by atoms with Gasteiger partial charge in [0.05, 0.1) is 13.7 Å². The number of carbonyl (C=O) groups is 4. The maximum absolute atomic E-state index is 13.0. The first kappa shape index (κ1) is 25.9. The minimum atomic E-state index is -1.33. The van der Waals surface area contributed by atoms with E-state index >= 15 is 0 Å². The first-order valence-corrected chi connectivity index (χ1v) is 9.67. The quantitative estimate of drug-likeness (QED) is 0.509. The van der Waals surface area contributed by atoms with Crippen LogP contribution in [0.5, 0.6) is 0 Å². The Labute approximate surface area is 181 Å². The van der Waals surface area contributed by atoms with Gasteiger partial charge in [0.2, 0.25) is 11.8 Å². The number of carbonyl (C=O) groups excluding carboxylic acids is 4. The second-order valence-electron chi connectivity index (χ2n) is 7.94. The van der Waals surface area contributed by atoms with Crippen LogP contribution >= 0.6 is 0 Å². The molecule has 0 radical (unpaired) electrons. The third-order valence-corrected chi connectivity index (χ3v) is 4.15. The second kappa shape index (κ2) is 11.3. The van der Waals surface area contributed by atoms with E-state index in [0.29, 0.717) is 5.56 Å². The SMILES string of the molecule is COC(=O)CNC(=O)C(c1cccc(C)c1)N(C)C(=O)C(CO)NC(=O)OC(C)(C)C. The number of methoxy groups -OCH3 is 1. The van der Waals surface area contributed by atoms with Crippen LogP contribution in [-0.4, -0.2) is 72.8 Å². The smallest absolute Gasteiger partial charge is 0.408 e. The van der Waals surface area contributed by atoms with E-state index in [1.807, 2.05) is 13.0 Å². The standard InChI is InChI=1S/C21H31N3O7/c1-13-8-7-9-14(10-13)17(18(27)22-11-16(26)30-6)24(5)19(28)15(12-25)23-20(29)31-21(2,3)4/h7-10,15,17,25H,11-12H2,1-6H3,(H,22,27)(H,23,29). The molecule has 10 nitrogen and oxygen atoms in total. The molecule has 3 amide bonds. The maximum Gasteiger partial charge on any atom is 0.408 e. The van der Waals surface area contributed by atoms with Crippen LogP contribution in [0, 0.1) is 6.92 Å². The number of hydrogen-bond acceptors (Lipinski definition) is 7. The number of nitrogens with zero attached hydrogens (tertiary/aromatic N) is 1. The fourth-order valence-corrected chi connectivity index (χ4v) is 2.73. The number of aliphatic hydroxyl groups is 1. The summed E-state index contributed by atoms with van der Waals surface area (Å²) in [6.07, 6.45) is -0.879. The minimum absolute atomic E-state index is 0.376. The molecule has 0 saturated heterocycles. The molecule has 0 aliphatic carbocycles. The van der Waals surface area contributed by atoms with Gasteiger partial charge in [0, 0.05) is 7.05 Å². The summed E-state index contributed by atoms with van der Waals surface area (Å²) in [5, 5.41) is 14.4. The van der Waals surface area contributed by atoms with Crippen LogP contribution in [0.15, 0.2) is 24.3 Å². The molecule has 172 valence electrons. The Kier molecular flexibility index (Phi) is 9.44. The normalized spacial score (nSPS) is 12.9. The molecular formula is C21H31N3O7. The van der Waals surface area contributed by atoms with Gasteiger partial charge in [-0.3, -0.25) is 14.4 Å². The molecule has 0 aliphatic rings. The summed E-state index contributed by atoms with van der Waals surface area (Å²) in [4.78, 5) is 50.4. The Bertz CT molecular complexity index is 804. The lowest BCUT2D eigenvalue weighted by Crippen LogP contribution is -2.53. The number of aliphatic hydroxyl groups excluding tert-OH is 1. The number of hydrogen-bond donors (Lipinski definition) is 3. The fourth-order valence-electron chi connectivity index (χ4n) is 2.73. The zero-order valence-corrected chi connectivity index (χ0v) is 18.7. The topological polar surface area (TPSA) is 134 Å². The number of aryl methyl sites for hydroxylation is 1. The predicted molar refractivity (Wildman–Crippen MR) is 112 cm³/mol. The second-order valence-corrected chi connectivity index (χ2v) is 7.94. The van der Waals surface area contributed by atoms with Crippen LogP contribution in [-0.2, 0) is 23.9 Å². The first-order chi connectivity index (χ1) is 14.4. The Morgan fingerprint density at radius 1 is 1.19 bits per heavy atom. The monoisotopic (exact) mass is 437 g/mol. The van der Waals surface area contributed by atoms with Gasteiger partial charge in [-0.15, -0.1) is 0 Å². The average molecular weight is 437 g/mol. The van der Waals surface area contributed by atoms with Crippen molar-refractivity contribution in [1.29, 1.82) is 0 Å². The highest BCUT2D eigenvalue weighted by molar-refractivity contribution is 5.93. The number of esters is 1. The van der Waals surface area contributed by atoms with Crippen molar-refractivity contribution in [3.63, 3.8) is 0 Å². The average Bonchev–Trinajstić information content (AvgIpc) is 2.68. The molecule has 1 aromatic rings. The number of ether oxygens (including phenoxy) is 2. The molecule has 0 aromatic heterocycles. The largest absolute Gasteiger partial charge is 0.468 e. The Morgan fingerprint density at radius 2 is 1.84 bits per heavy atom. The summed E-state index contributed by atoms with van der Waals surface area (Å²) in [6.45, 7) is 5.73. The van der Waals surface area contributed by atoms with Crippen LogP contribution in [0.4, 0.5) is 4.79 Å². The molecule has 10 heteroatoms. The van der Waals surface area contributed by atoms with Crippen molar-refractivity contribution < 1.29 is 33.8 Å². The number of likely N-dealkylation sites (N-methyl/N-ethyl adjacent to an activating group) is 1. The molecule has 0 fully saturated rings. The van der Waals surface area contributed by atoms with E-state index in [1.165, 1.54) is 14.2 Å². The van der Waals surface area contributed by atoms with Gasteiger partial charge in [0.15, 0.2) is 0 Å². The minimum Gasteiger partial charge on any atom is -0.468 e. The Hall–Kier alpha value is -3.14. The molecule has 0 bridgehead atoms. The van der Waals surface area contributed by atoms with E-state index in [2.05, 4.69) is 15.4 Å². The number of nitrogens with one attached hydrogen (secondary N) is 2. The molecule has 1 aromatic carbocycles. The van der Waals surface area contributed by atoms with Gasteiger partial charge in [0.25, 0.3) is 0 Å². The van der Waals surface area contributed by atoms with Crippen molar-refractivity contribution in [2.45, 2.75) is 45.4 Å². The van der Waals surface area contributed by atoms with Gasteiger partial charge < -0.3 is 30.1 Å². The highest BCUT2D eigenvalue weighted by Gasteiger charge is 2.34. The van der Waals surface area contributed by atoms with E-state index in [-0.39, 0.29) is 6.54 Å². The van der Waals surface area contributed by atoms with E-state index < -0.39 is 48.2 Å². The van der Waals surface area contributed by atoms with Crippen molar-refractivity contribution in [3.05, 3.63) is 35.4 Å². The number of amides is 3. The lowest BCUT2D eigenvalue weighted by atomic mass is 10.0. The van der Waals surface area contributed by atoms with Crippen molar-refractivity contribution in [3.8, 4) is 0 Å². The van der Waals surface area contributed by atoms with Crippen LogP contribution in [0.2, 0.25) is 0 Å². The van der Waals surface area contributed by atoms with Crippen LogP contribution < -0.4 is 10.6 Å². The van der Waals surface area contributed by atoms with Gasteiger partial charge in [-0.05, 0) is 33.3 Å². The molecule has 0 saturated carbocycles. The van der Waals surface area contributed by atoms with Gasteiger partial charge >= 0.3 is 12.1 Å². The summed E-state index contributed by atoms with van der Waals surface area (Å²) >= 11 is 0. The molecule has 3 N–H and O–H groups in total. The van der Waals surface area contributed by atoms with Gasteiger partial charge in [-0.2, -0.15) is 0 Å². The third kappa shape index (κ3) is 8.25. The zero-order valence-electron chi connectivity index (χ0n) is 18.7. The Morgan fingerprint density at radius 3 is 2.35 bits per heavy atom. The predicted octanol–water partition coefficient (Wildman–Crippen LogP) is 0.669. The first-order valence-electron chi connectivity index (χ1n) is 9.67. The van der Waals surface area contributed by atoms with Gasteiger partial charge in [-0.1, -0.05) is 29.8 Å². The van der Waals surface area contributed by atoms with Crippen molar-refractivity contribution in [2.24, 2.45) is 0 Å². The molecule has 0 aliphatic heterocycles. The molecule has 2 unspecified atom stereocenters. The number of alkyl carbamates (subject to hydrolysis) is 1. The van der Waals surface area contributed by atoms with E-state index in [0.717, 1.165) is 10.5 Å². The number of benzene rings is 1. The summed E-state index contributed by atoms with van der Waals surface area (Å²) < 4.78 is 9.65. The summed E-state index contributed by atoms with van der Waals surface area (Å²) in [7, 11) is 2.56. The highest BCUT2D eigenvalue weighted by Crippen LogP contribution is 2.22. The molecule has 1 rings (SSSR count). The van der Waals surface area contributed by atoms with Crippen molar-refractivity contribution in [1.82, 2.24) is 15.5 Å². The summed E-state index contributed by atoms with van der Waals surface area (Å²) in [5.41, 5.74) is 0.554. The third-order valence-electron chi connectivity index (χ3n) is 4.15. The molecule has 31 heavy (non-hydrogen) atoms.